The zero-order valence-electron chi connectivity index (χ0n) is 15.3. The fourth-order valence-corrected chi connectivity index (χ4v) is 4.96. The Morgan fingerprint density at radius 3 is 2.59 bits per heavy atom. The van der Waals surface area contributed by atoms with Crippen LogP contribution in [0.3, 0.4) is 0 Å². The zero-order chi connectivity index (χ0) is 18.6. The molecule has 1 unspecified atom stereocenters. The van der Waals surface area contributed by atoms with Gasteiger partial charge in [-0.2, -0.15) is 0 Å². The molecule has 4 aliphatic heterocycles. The first-order valence-corrected chi connectivity index (χ1v) is 9.78. The summed E-state index contributed by atoms with van der Waals surface area (Å²) >= 11 is 0. The molecule has 3 fully saturated rings. The summed E-state index contributed by atoms with van der Waals surface area (Å²) in [4.78, 5) is 40.4. The zero-order valence-corrected chi connectivity index (χ0v) is 15.3. The van der Waals surface area contributed by atoms with Crippen molar-refractivity contribution >= 4 is 23.4 Å². The van der Waals surface area contributed by atoms with Crippen LogP contribution in [0.2, 0.25) is 0 Å². The number of hydrogen-bond donors (Lipinski definition) is 2. The van der Waals surface area contributed by atoms with Crippen LogP contribution in [0.4, 0.5) is 5.69 Å². The summed E-state index contributed by atoms with van der Waals surface area (Å²) in [5.41, 5.74) is 3.19. The molecule has 3 saturated heterocycles. The van der Waals surface area contributed by atoms with Gasteiger partial charge in [-0.3, -0.25) is 19.7 Å². The van der Waals surface area contributed by atoms with Crippen molar-refractivity contribution in [1.29, 1.82) is 0 Å². The Hall–Kier alpha value is -2.41. The van der Waals surface area contributed by atoms with Gasteiger partial charge in [-0.1, -0.05) is 6.07 Å². The third kappa shape index (κ3) is 2.72. The second-order valence-corrected chi connectivity index (χ2v) is 8.35. The quantitative estimate of drug-likeness (QED) is 0.749. The van der Waals surface area contributed by atoms with E-state index < -0.39 is 6.04 Å². The van der Waals surface area contributed by atoms with Gasteiger partial charge < -0.3 is 15.1 Å². The number of rotatable bonds is 2. The predicted octanol–water partition coefficient (Wildman–Crippen LogP) is 0.637. The molecule has 27 heavy (non-hydrogen) atoms. The molecule has 1 aromatic carbocycles. The molecule has 7 nitrogen and oxygen atoms in total. The molecule has 0 saturated carbocycles. The number of nitrogens with zero attached hydrogens (tertiary/aromatic N) is 2. The standard InChI is InChI=1S/C20H24N4O3/c25-17-4-3-16(18(26)22-17)24-10-13-1-2-14(9-15(13)19(24)27)23-11-20(12-23)5-7-21-8-6-20/h1-2,9,16,21H,3-8,10-12H2,(H,22,25,26). The van der Waals surface area contributed by atoms with Crippen LogP contribution >= 0.6 is 0 Å². The molecule has 1 aromatic rings. The van der Waals surface area contributed by atoms with E-state index in [1.807, 2.05) is 12.1 Å². The van der Waals surface area contributed by atoms with Gasteiger partial charge in [0.15, 0.2) is 0 Å². The minimum Gasteiger partial charge on any atom is -0.370 e. The van der Waals surface area contributed by atoms with Crippen LogP contribution < -0.4 is 15.5 Å². The normalized spacial score (nSPS) is 26.8. The number of carbonyl (C=O) groups excluding carboxylic acids is 3. The lowest BCUT2D eigenvalue weighted by Crippen LogP contribution is -2.60. The molecule has 2 N–H and O–H groups in total. The van der Waals surface area contributed by atoms with Gasteiger partial charge >= 0.3 is 0 Å². The Balaban J connectivity index is 1.31. The average molecular weight is 368 g/mol. The summed E-state index contributed by atoms with van der Waals surface area (Å²) in [5, 5.41) is 5.77. The third-order valence-electron chi connectivity index (χ3n) is 6.59. The van der Waals surface area contributed by atoms with Gasteiger partial charge in [0.05, 0.1) is 0 Å². The summed E-state index contributed by atoms with van der Waals surface area (Å²) in [5.74, 6) is -0.714. The van der Waals surface area contributed by atoms with E-state index >= 15 is 0 Å². The van der Waals surface area contributed by atoms with Gasteiger partial charge in [0.25, 0.3) is 5.91 Å². The Morgan fingerprint density at radius 2 is 1.85 bits per heavy atom. The van der Waals surface area contributed by atoms with Crippen LogP contribution in [0, 0.1) is 5.41 Å². The largest absolute Gasteiger partial charge is 0.370 e. The second kappa shape index (κ2) is 6.05. The minimum absolute atomic E-state index is 0.0987. The molecular formula is C20H24N4O3. The van der Waals surface area contributed by atoms with Crippen molar-refractivity contribution < 1.29 is 14.4 Å². The smallest absolute Gasteiger partial charge is 0.255 e. The average Bonchev–Trinajstić information content (AvgIpc) is 2.96. The van der Waals surface area contributed by atoms with Gasteiger partial charge in [-0.05, 0) is 50.0 Å². The SMILES string of the molecule is O=C1CCC(N2Cc3ccc(N4CC5(CCNCC5)C4)cc3C2=O)C(=O)N1. The molecule has 4 heterocycles. The van der Waals surface area contributed by atoms with Crippen molar-refractivity contribution in [3.8, 4) is 0 Å². The number of imide groups is 1. The maximum absolute atomic E-state index is 12.9. The molecule has 1 atom stereocenters. The van der Waals surface area contributed by atoms with Crippen molar-refractivity contribution in [2.75, 3.05) is 31.1 Å². The lowest BCUT2D eigenvalue weighted by atomic mass is 9.72. The summed E-state index contributed by atoms with van der Waals surface area (Å²) in [7, 11) is 0. The number of amides is 3. The number of anilines is 1. The summed E-state index contributed by atoms with van der Waals surface area (Å²) in [6, 6.07) is 5.54. The molecule has 7 heteroatoms. The van der Waals surface area contributed by atoms with E-state index in [0.29, 0.717) is 23.9 Å². The molecule has 0 aromatic heterocycles. The maximum Gasteiger partial charge on any atom is 0.255 e. The van der Waals surface area contributed by atoms with Crippen LogP contribution in [-0.2, 0) is 16.1 Å². The Labute approximate surface area is 158 Å². The van der Waals surface area contributed by atoms with E-state index in [1.54, 1.807) is 4.90 Å². The fourth-order valence-electron chi connectivity index (χ4n) is 4.96. The van der Waals surface area contributed by atoms with Crippen LogP contribution in [0.25, 0.3) is 0 Å². The summed E-state index contributed by atoms with van der Waals surface area (Å²) in [6.07, 6.45) is 3.12. The summed E-state index contributed by atoms with van der Waals surface area (Å²) < 4.78 is 0. The van der Waals surface area contributed by atoms with Gasteiger partial charge in [0.2, 0.25) is 11.8 Å². The number of hydrogen-bond acceptors (Lipinski definition) is 5. The highest BCUT2D eigenvalue weighted by Crippen LogP contribution is 2.42. The molecular weight excluding hydrogens is 344 g/mol. The predicted molar refractivity (Wildman–Crippen MR) is 99.2 cm³/mol. The monoisotopic (exact) mass is 368 g/mol. The number of piperidine rings is 2. The number of benzene rings is 1. The highest BCUT2D eigenvalue weighted by molar-refractivity contribution is 6.05. The van der Waals surface area contributed by atoms with Gasteiger partial charge in [0, 0.05) is 42.7 Å². The maximum atomic E-state index is 12.9. The van der Waals surface area contributed by atoms with Crippen molar-refractivity contribution in [1.82, 2.24) is 15.5 Å². The van der Waals surface area contributed by atoms with E-state index in [0.717, 1.165) is 37.4 Å². The minimum atomic E-state index is -0.548. The first-order valence-electron chi connectivity index (χ1n) is 9.78. The first kappa shape index (κ1) is 16.7. The molecule has 0 radical (unpaired) electrons. The van der Waals surface area contributed by atoms with Crippen LogP contribution in [-0.4, -0.2) is 54.8 Å². The molecule has 4 aliphatic rings. The van der Waals surface area contributed by atoms with Crippen molar-refractivity contribution in [3.05, 3.63) is 29.3 Å². The van der Waals surface area contributed by atoms with E-state index in [1.165, 1.54) is 12.8 Å². The van der Waals surface area contributed by atoms with Gasteiger partial charge in [-0.25, -0.2) is 0 Å². The van der Waals surface area contributed by atoms with E-state index in [2.05, 4.69) is 21.6 Å². The highest BCUT2D eigenvalue weighted by atomic mass is 16.2. The second-order valence-electron chi connectivity index (χ2n) is 8.35. The van der Waals surface area contributed by atoms with Crippen molar-refractivity contribution in [3.63, 3.8) is 0 Å². The number of carbonyl (C=O) groups is 3. The molecule has 0 bridgehead atoms. The first-order chi connectivity index (χ1) is 13.0. The Morgan fingerprint density at radius 1 is 1.07 bits per heavy atom. The van der Waals surface area contributed by atoms with Crippen LogP contribution in [0.5, 0.6) is 0 Å². The van der Waals surface area contributed by atoms with Crippen LogP contribution in [0.1, 0.15) is 41.6 Å². The molecule has 0 aliphatic carbocycles. The van der Waals surface area contributed by atoms with Crippen molar-refractivity contribution in [2.45, 2.75) is 38.3 Å². The van der Waals surface area contributed by atoms with E-state index in [-0.39, 0.29) is 24.1 Å². The summed E-state index contributed by atoms with van der Waals surface area (Å²) in [6.45, 7) is 4.74. The lowest BCUT2D eigenvalue weighted by Gasteiger charge is -2.53. The van der Waals surface area contributed by atoms with E-state index in [9.17, 15) is 14.4 Å². The number of fused-ring (bicyclic) bond motifs is 1. The van der Waals surface area contributed by atoms with Crippen LogP contribution in [0.15, 0.2) is 18.2 Å². The molecule has 142 valence electrons. The Bertz CT molecular complexity index is 823. The van der Waals surface area contributed by atoms with Gasteiger partial charge in [0.1, 0.15) is 6.04 Å². The Kier molecular flexibility index (Phi) is 3.75. The van der Waals surface area contributed by atoms with Crippen molar-refractivity contribution in [2.24, 2.45) is 5.41 Å². The number of nitrogens with one attached hydrogen (secondary N) is 2. The molecule has 3 amide bonds. The lowest BCUT2D eigenvalue weighted by molar-refractivity contribution is -0.136. The van der Waals surface area contributed by atoms with Gasteiger partial charge in [-0.15, -0.1) is 0 Å². The highest BCUT2D eigenvalue weighted by Gasteiger charge is 2.44. The topological polar surface area (TPSA) is 81.8 Å². The third-order valence-corrected chi connectivity index (χ3v) is 6.59. The fraction of sp³-hybridized carbons (Fsp3) is 0.550. The molecule has 5 rings (SSSR count). The van der Waals surface area contributed by atoms with E-state index in [4.69, 9.17) is 0 Å². The molecule has 1 spiro atoms.